The SMILES string of the molecule is O=C(NC1(C(=O)O)CCCC1)C1CCOCC1. The van der Waals surface area contributed by atoms with Gasteiger partial charge in [0.15, 0.2) is 0 Å². The van der Waals surface area contributed by atoms with E-state index in [1.165, 1.54) is 0 Å². The van der Waals surface area contributed by atoms with E-state index < -0.39 is 11.5 Å². The molecule has 0 radical (unpaired) electrons. The molecule has 2 aliphatic rings. The van der Waals surface area contributed by atoms with E-state index in [0.717, 1.165) is 12.8 Å². The summed E-state index contributed by atoms with van der Waals surface area (Å²) in [5.74, 6) is -1.09. The summed E-state index contributed by atoms with van der Waals surface area (Å²) >= 11 is 0. The third-order valence-electron chi connectivity index (χ3n) is 3.82. The number of ether oxygens (including phenoxy) is 1. The molecule has 0 atom stereocenters. The van der Waals surface area contributed by atoms with Gasteiger partial charge < -0.3 is 15.2 Å². The maximum atomic E-state index is 12.0. The van der Waals surface area contributed by atoms with E-state index in [0.29, 0.717) is 38.9 Å². The van der Waals surface area contributed by atoms with Gasteiger partial charge in [-0.05, 0) is 25.7 Å². The van der Waals surface area contributed by atoms with Crippen LogP contribution < -0.4 is 5.32 Å². The Bertz CT molecular complexity index is 304. The lowest BCUT2D eigenvalue weighted by atomic mass is 9.93. The molecule has 2 N–H and O–H groups in total. The lowest BCUT2D eigenvalue weighted by molar-refractivity contribution is -0.148. The predicted octanol–water partition coefficient (Wildman–Crippen LogP) is 0.927. The zero-order valence-electron chi connectivity index (χ0n) is 9.91. The minimum Gasteiger partial charge on any atom is -0.480 e. The Hall–Kier alpha value is -1.10. The van der Waals surface area contributed by atoms with Crippen LogP contribution in [-0.4, -0.2) is 35.7 Å². The second-order valence-electron chi connectivity index (χ2n) is 4.97. The number of rotatable bonds is 3. The third-order valence-corrected chi connectivity index (χ3v) is 3.82. The molecular formula is C12H19NO4. The van der Waals surface area contributed by atoms with Crippen molar-refractivity contribution in [2.45, 2.75) is 44.1 Å². The molecule has 0 aromatic heterocycles. The average Bonchev–Trinajstić information content (AvgIpc) is 2.80. The van der Waals surface area contributed by atoms with Gasteiger partial charge in [0.1, 0.15) is 5.54 Å². The number of hydrogen-bond donors (Lipinski definition) is 2. The first kappa shape index (κ1) is 12.4. The molecule has 1 saturated heterocycles. The van der Waals surface area contributed by atoms with E-state index in [4.69, 9.17) is 4.74 Å². The number of carbonyl (C=O) groups is 2. The number of carbonyl (C=O) groups excluding carboxylic acids is 1. The second kappa shape index (κ2) is 5.04. The van der Waals surface area contributed by atoms with Gasteiger partial charge in [-0.15, -0.1) is 0 Å². The van der Waals surface area contributed by atoms with Crippen molar-refractivity contribution < 1.29 is 19.4 Å². The van der Waals surface area contributed by atoms with Gasteiger partial charge in [0.25, 0.3) is 0 Å². The molecule has 17 heavy (non-hydrogen) atoms. The number of amides is 1. The fourth-order valence-electron chi connectivity index (χ4n) is 2.67. The van der Waals surface area contributed by atoms with Gasteiger partial charge in [-0.2, -0.15) is 0 Å². The van der Waals surface area contributed by atoms with Crippen molar-refractivity contribution in [2.75, 3.05) is 13.2 Å². The summed E-state index contributed by atoms with van der Waals surface area (Å²) < 4.78 is 5.20. The van der Waals surface area contributed by atoms with Crippen LogP contribution in [0.5, 0.6) is 0 Å². The Kier molecular flexibility index (Phi) is 3.66. The van der Waals surface area contributed by atoms with Crippen LogP contribution in [0.4, 0.5) is 0 Å². The van der Waals surface area contributed by atoms with E-state index in [1.54, 1.807) is 0 Å². The minimum absolute atomic E-state index is 0.0828. The molecule has 1 aliphatic heterocycles. The van der Waals surface area contributed by atoms with E-state index in [1.807, 2.05) is 0 Å². The smallest absolute Gasteiger partial charge is 0.329 e. The molecule has 1 aliphatic carbocycles. The topological polar surface area (TPSA) is 75.6 Å². The first-order valence-electron chi connectivity index (χ1n) is 6.27. The van der Waals surface area contributed by atoms with Crippen molar-refractivity contribution in [3.63, 3.8) is 0 Å². The molecule has 0 aromatic carbocycles. The van der Waals surface area contributed by atoms with Crippen molar-refractivity contribution in [1.82, 2.24) is 5.32 Å². The Labute approximate surface area is 101 Å². The molecule has 1 amide bonds. The fourth-order valence-corrected chi connectivity index (χ4v) is 2.67. The van der Waals surface area contributed by atoms with Crippen molar-refractivity contribution in [3.05, 3.63) is 0 Å². The normalized spacial score (nSPS) is 24.5. The van der Waals surface area contributed by atoms with Crippen LogP contribution in [0, 0.1) is 5.92 Å². The van der Waals surface area contributed by atoms with Crippen molar-refractivity contribution in [1.29, 1.82) is 0 Å². The number of aliphatic carboxylic acids is 1. The molecule has 5 nitrogen and oxygen atoms in total. The first-order valence-corrected chi connectivity index (χ1v) is 6.27. The van der Waals surface area contributed by atoms with E-state index >= 15 is 0 Å². The Morgan fingerprint density at radius 1 is 1.18 bits per heavy atom. The molecule has 5 heteroatoms. The largest absolute Gasteiger partial charge is 0.480 e. The Morgan fingerprint density at radius 3 is 2.29 bits per heavy atom. The van der Waals surface area contributed by atoms with Crippen LogP contribution in [0.3, 0.4) is 0 Å². The van der Waals surface area contributed by atoms with Gasteiger partial charge in [-0.25, -0.2) is 4.79 Å². The minimum atomic E-state index is -1.00. The lowest BCUT2D eigenvalue weighted by Crippen LogP contribution is -2.54. The zero-order chi connectivity index (χ0) is 12.3. The quantitative estimate of drug-likeness (QED) is 0.770. The number of carboxylic acids is 1. The van der Waals surface area contributed by atoms with Gasteiger partial charge in [0.2, 0.25) is 5.91 Å². The summed E-state index contributed by atoms with van der Waals surface area (Å²) in [6, 6.07) is 0. The van der Waals surface area contributed by atoms with Crippen LogP contribution >= 0.6 is 0 Å². The molecule has 1 heterocycles. The maximum Gasteiger partial charge on any atom is 0.329 e. The average molecular weight is 241 g/mol. The highest BCUT2D eigenvalue weighted by atomic mass is 16.5. The van der Waals surface area contributed by atoms with Crippen molar-refractivity contribution in [3.8, 4) is 0 Å². The fraction of sp³-hybridized carbons (Fsp3) is 0.833. The monoisotopic (exact) mass is 241 g/mol. The molecular weight excluding hydrogens is 222 g/mol. The Balaban J connectivity index is 1.98. The molecule has 96 valence electrons. The van der Waals surface area contributed by atoms with Crippen LogP contribution in [0.25, 0.3) is 0 Å². The highest BCUT2D eigenvalue weighted by Gasteiger charge is 2.43. The second-order valence-corrected chi connectivity index (χ2v) is 4.97. The lowest BCUT2D eigenvalue weighted by Gasteiger charge is -2.29. The zero-order valence-corrected chi connectivity index (χ0v) is 9.91. The molecule has 1 saturated carbocycles. The van der Waals surface area contributed by atoms with E-state index in [2.05, 4.69) is 5.32 Å². The molecule has 2 rings (SSSR count). The van der Waals surface area contributed by atoms with Gasteiger partial charge in [0, 0.05) is 19.1 Å². The van der Waals surface area contributed by atoms with Crippen LogP contribution in [0.1, 0.15) is 38.5 Å². The van der Waals surface area contributed by atoms with Crippen LogP contribution in [0.15, 0.2) is 0 Å². The van der Waals surface area contributed by atoms with Crippen LogP contribution in [0.2, 0.25) is 0 Å². The summed E-state index contributed by atoms with van der Waals surface area (Å²) in [6.07, 6.45) is 4.25. The van der Waals surface area contributed by atoms with Crippen molar-refractivity contribution >= 4 is 11.9 Å². The summed E-state index contributed by atoms with van der Waals surface area (Å²) in [7, 11) is 0. The van der Waals surface area contributed by atoms with Gasteiger partial charge in [-0.1, -0.05) is 12.8 Å². The van der Waals surface area contributed by atoms with Gasteiger partial charge in [-0.3, -0.25) is 4.79 Å². The van der Waals surface area contributed by atoms with E-state index in [-0.39, 0.29) is 11.8 Å². The standard InChI is InChI=1S/C12H19NO4/c14-10(9-3-7-17-8-4-9)13-12(11(15)16)5-1-2-6-12/h9H,1-8H2,(H,13,14)(H,15,16). The molecule has 0 bridgehead atoms. The number of carboxylic acid groups (broad SMARTS) is 1. The Morgan fingerprint density at radius 2 is 1.76 bits per heavy atom. The summed E-state index contributed by atoms with van der Waals surface area (Å²) in [5, 5.41) is 12.0. The molecule has 0 aromatic rings. The van der Waals surface area contributed by atoms with E-state index in [9.17, 15) is 14.7 Å². The van der Waals surface area contributed by atoms with Crippen LogP contribution in [-0.2, 0) is 14.3 Å². The number of hydrogen-bond acceptors (Lipinski definition) is 3. The summed E-state index contributed by atoms with van der Waals surface area (Å²) in [5.41, 5.74) is -1.00. The van der Waals surface area contributed by atoms with Crippen molar-refractivity contribution in [2.24, 2.45) is 5.92 Å². The summed E-state index contributed by atoms with van der Waals surface area (Å²) in [6.45, 7) is 1.19. The first-order chi connectivity index (χ1) is 8.14. The molecule has 0 unspecified atom stereocenters. The maximum absolute atomic E-state index is 12.0. The third kappa shape index (κ3) is 2.60. The molecule has 0 spiro atoms. The highest BCUT2D eigenvalue weighted by Crippen LogP contribution is 2.30. The number of nitrogens with one attached hydrogen (secondary N) is 1. The van der Waals surface area contributed by atoms with Gasteiger partial charge >= 0.3 is 5.97 Å². The highest BCUT2D eigenvalue weighted by molar-refractivity contribution is 5.88. The van der Waals surface area contributed by atoms with Gasteiger partial charge in [0.05, 0.1) is 0 Å². The molecule has 2 fully saturated rings. The predicted molar refractivity (Wildman–Crippen MR) is 60.5 cm³/mol. The summed E-state index contributed by atoms with van der Waals surface area (Å²) in [4.78, 5) is 23.3.